The second kappa shape index (κ2) is 5.39. The van der Waals surface area contributed by atoms with Gasteiger partial charge < -0.3 is 16.0 Å². The van der Waals surface area contributed by atoms with Crippen molar-refractivity contribution in [2.75, 3.05) is 31.3 Å². The summed E-state index contributed by atoms with van der Waals surface area (Å²) in [5.74, 6) is 0.0555. The largest absolute Gasteiger partial charge is 0.399 e. The Balaban J connectivity index is 2.65. The lowest BCUT2D eigenvalue weighted by Gasteiger charge is -2.21. The Labute approximate surface area is 96.4 Å². The lowest BCUT2D eigenvalue weighted by Crippen LogP contribution is -2.26. The van der Waals surface area contributed by atoms with Gasteiger partial charge in [-0.3, -0.25) is 4.79 Å². The molecule has 4 heteroatoms. The third kappa shape index (κ3) is 3.15. The first-order chi connectivity index (χ1) is 7.54. The third-order valence-corrected chi connectivity index (χ3v) is 2.59. The average molecular weight is 221 g/mol. The first kappa shape index (κ1) is 12.4. The number of carbonyl (C=O) groups is 1. The van der Waals surface area contributed by atoms with E-state index in [1.807, 2.05) is 32.2 Å². The minimum atomic E-state index is 0.0555. The van der Waals surface area contributed by atoms with Crippen molar-refractivity contribution in [2.24, 2.45) is 0 Å². The lowest BCUT2D eigenvalue weighted by molar-refractivity contribution is -0.120. The standard InChI is InChI=1S/C12H19N3O/c1-9-8-10(13)4-5-11(9)15(3)7-6-12(16)14-2/h4-5,8H,6-7,13H2,1-3H3,(H,14,16). The molecule has 1 rings (SSSR count). The number of nitrogens with zero attached hydrogens (tertiary/aromatic N) is 1. The van der Waals surface area contributed by atoms with Crippen LogP contribution in [0.1, 0.15) is 12.0 Å². The van der Waals surface area contributed by atoms with Gasteiger partial charge in [0, 0.05) is 38.4 Å². The quantitative estimate of drug-likeness (QED) is 0.750. The molecular formula is C12H19N3O. The SMILES string of the molecule is CNC(=O)CCN(C)c1ccc(N)cc1C. The number of rotatable bonds is 4. The van der Waals surface area contributed by atoms with Gasteiger partial charge in [-0.15, -0.1) is 0 Å². The van der Waals surface area contributed by atoms with E-state index in [0.29, 0.717) is 13.0 Å². The molecule has 0 fully saturated rings. The Morgan fingerprint density at radius 3 is 2.75 bits per heavy atom. The van der Waals surface area contributed by atoms with Gasteiger partial charge in [0.1, 0.15) is 0 Å². The van der Waals surface area contributed by atoms with E-state index < -0.39 is 0 Å². The molecule has 0 heterocycles. The minimum Gasteiger partial charge on any atom is -0.399 e. The number of hydrogen-bond acceptors (Lipinski definition) is 3. The van der Waals surface area contributed by atoms with Crippen molar-refractivity contribution < 1.29 is 4.79 Å². The molecule has 1 aromatic carbocycles. The van der Waals surface area contributed by atoms with Crippen molar-refractivity contribution in [3.05, 3.63) is 23.8 Å². The Morgan fingerprint density at radius 1 is 1.50 bits per heavy atom. The number of amides is 1. The predicted octanol–water partition coefficient (Wildman–Crippen LogP) is 1.15. The fourth-order valence-corrected chi connectivity index (χ4v) is 1.62. The average Bonchev–Trinajstić information content (AvgIpc) is 2.25. The Kier molecular flexibility index (Phi) is 4.17. The number of nitrogens with one attached hydrogen (secondary N) is 1. The van der Waals surface area contributed by atoms with Crippen molar-refractivity contribution in [2.45, 2.75) is 13.3 Å². The van der Waals surface area contributed by atoms with Crippen LogP contribution in [0.25, 0.3) is 0 Å². The number of anilines is 2. The topological polar surface area (TPSA) is 58.4 Å². The monoisotopic (exact) mass is 221 g/mol. The lowest BCUT2D eigenvalue weighted by atomic mass is 10.1. The van der Waals surface area contributed by atoms with Gasteiger partial charge in [0.2, 0.25) is 5.91 Å². The van der Waals surface area contributed by atoms with Crippen LogP contribution in [0.5, 0.6) is 0 Å². The molecule has 0 saturated heterocycles. The summed E-state index contributed by atoms with van der Waals surface area (Å²) in [6.07, 6.45) is 0.497. The molecule has 0 spiro atoms. The van der Waals surface area contributed by atoms with Crippen molar-refractivity contribution in [3.63, 3.8) is 0 Å². The van der Waals surface area contributed by atoms with Crippen LogP contribution in [0.15, 0.2) is 18.2 Å². The minimum absolute atomic E-state index is 0.0555. The zero-order valence-electron chi connectivity index (χ0n) is 10.1. The van der Waals surface area contributed by atoms with Gasteiger partial charge in [0.15, 0.2) is 0 Å². The van der Waals surface area contributed by atoms with Gasteiger partial charge in [0.05, 0.1) is 0 Å². The third-order valence-electron chi connectivity index (χ3n) is 2.59. The van der Waals surface area contributed by atoms with Crippen LogP contribution < -0.4 is 16.0 Å². The van der Waals surface area contributed by atoms with Crippen molar-refractivity contribution in [1.29, 1.82) is 0 Å². The van der Waals surface area contributed by atoms with Gasteiger partial charge >= 0.3 is 0 Å². The molecule has 0 aliphatic heterocycles. The molecule has 1 aromatic rings. The van der Waals surface area contributed by atoms with E-state index in [1.165, 1.54) is 0 Å². The predicted molar refractivity (Wildman–Crippen MR) is 67.5 cm³/mol. The summed E-state index contributed by atoms with van der Waals surface area (Å²) in [6, 6.07) is 5.79. The summed E-state index contributed by atoms with van der Waals surface area (Å²) in [7, 11) is 3.62. The molecule has 0 radical (unpaired) electrons. The zero-order valence-corrected chi connectivity index (χ0v) is 10.1. The van der Waals surface area contributed by atoms with Crippen LogP contribution in [-0.4, -0.2) is 26.5 Å². The maximum atomic E-state index is 11.1. The molecule has 0 atom stereocenters. The van der Waals surface area contributed by atoms with Crippen LogP contribution in [0.4, 0.5) is 11.4 Å². The maximum Gasteiger partial charge on any atom is 0.221 e. The smallest absolute Gasteiger partial charge is 0.221 e. The van der Waals surface area contributed by atoms with Gasteiger partial charge in [0.25, 0.3) is 0 Å². The van der Waals surface area contributed by atoms with Gasteiger partial charge in [-0.2, -0.15) is 0 Å². The molecule has 0 unspecified atom stereocenters. The van der Waals surface area contributed by atoms with E-state index in [9.17, 15) is 4.79 Å². The molecule has 3 N–H and O–H groups in total. The second-order valence-corrected chi connectivity index (χ2v) is 3.89. The Bertz CT molecular complexity index is 377. The van der Waals surface area contributed by atoms with E-state index in [2.05, 4.69) is 10.2 Å². The number of hydrogen-bond donors (Lipinski definition) is 2. The van der Waals surface area contributed by atoms with Crippen molar-refractivity contribution in [1.82, 2.24) is 5.32 Å². The Hall–Kier alpha value is -1.71. The summed E-state index contributed by atoms with van der Waals surface area (Å²) < 4.78 is 0. The summed E-state index contributed by atoms with van der Waals surface area (Å²) in [6.45, 7) is 2.71. The highest BCUT2D eigenvalue weighted by Crippen LogP contribution is 2.21. The normalized spacial score (nSPS) is 9.94. The first-order valence-electron chi connectivity index (χ1n) is 5.32. The summed E-state index contributed by atoms with van der Waals surface area (Å²) >= 11 is 0. The van der Waals surface area contributed by atoms with E-state index in [1.54, 1.807) is 7.05 Å². The van der Waals surface area contributed by atoms with Crippen LogP contribution in [0.2, 0.25) is 0 Å². The molecule has 0 bridgehead atoms. The Morgan fingerprint density at radius 2 is 2.19 bits per heavy atom. The summed E-state index contributed by atoms with van der Waals surface area (Å²) in [4.78, 5) is 13.2. The number of benzene rings is 1. The van der Waals surface area contributed by atoms with Crippen LogP contribution in [0, 0.1) is 6.92 Å². The molecule has 88 valence electrons. The van der Waals surface area contributed by atoms with Crippen molar-refractivity contribution >= 4 is 17.3 Å². The molecule has 0 aliphatic rings. The molecule has 4 nitrogen and oxygen atoms in total. The van der Waals surface area contributed by atoms with E-state index in [4.69, 9.17) is 5.73 Å². The maximum absolute atomic E-state index is 11.1. The highest BCUT2D eigenvalue weighted by Gasteiger charge is 2.06. The molecule has 0 saturated carbocycles. The van der Waals surface area contributed by atoms with Gasteiger partial charge in [-0.05, 0) is 30.7 Å². The van der Waals surface area contributed by atoms with E-state index >= 15 is 0 Å². The molecule has 16 heavy (non-hydrogen) atoms. The van der Waals surface area contributed by atoms with Gasteiger partial charge in [-0.1, -0.05) is 0 Å². The number of carbonyl (C=O) groups excluding carboxylic acids is 1. The highest BCUT2D eigenvalue weighted by atomic mass is 16.1. The van der Waals surface area contributed by atoms with Crippen molar-refractivity contribution in [3.8, 4) is 0 Å². The molecule has 0 aromatic heterocycles. The summed E-state index contributed by atoms with van der Waals surface area (Å²) in [5.41, 5.74) is 8.69. The fraction of sp³-hybridized carbons (Fsp3) is 0.417. The van der Waals surface area contributed by atoms with E-state index in [0.717, 1.165) is 16.9 Å². The van der Waals surface area contributed by atoms with E-state index in [-0.39, 0.29) is 5.91 Å². The number of aryl methyl sites for hydroxylation is 1. The summed E-state index contributed by atoms with van der Waals surface area (Å²) in [5, 5.41) is 2.61. The van der Waals surface area contributed by atoms with Crippen LogP contribution in [0.3, 0.4) is 0 Å². The van der Waals surface area contributed by atoms with Crippen LogP contribution in [-0.2, 0) is 4.79 Å². The molecular weight excluding hydrogens is 202 g/mol. The second-order valence-electron chi connectivity index (χ2n) is 3.89. The fourth-order valence-electron chi connectivity index (χ4n) is 1.62. The van der Waals surface area contributed by atoms with Crippen LogP contribution >= 0.6 is 0 Å². The number of nitrogen functional groups attached to an aromatic ring is 1. The number of nitrogens with two attached hydrogens (primary N) is 1. The first-order valence-corrected chi connectivity index (χ1v) is 5.32. The van der Waals surface area contributed by atoms with Gasteiger partial charge in [-0.25, -0.2) is 0 Å². The zero-order chi connectivity index (χ0) is 12.1. The highest BCUT2D eigenvalue weighted by molar-refractivity contribution is 5.76. The molecule has 0 aliphatic carbocycles. The molecule has 1 amide bonds.